The van der Waals surface area contributed by atoms with Gasteiger partial charge in [-0.1, -0.05) is 75.5 Å². The molecule has 30 heavy (non-hydrogen) atoms. The molecular formula is C25H30ClN3O. The van der Waals surface area contributed by atoms with Crippen LogP contribution in [0.4, 0.5) is 0 Å². The van der Waals surface area contributed by atoms with E-state index in [0.717, 1.165) is 28.6 Å². The lowest BCUT2D eigenvalue weighted by atomic mass is 9.78. The average molecular weight is 424 g/mol. The third-order valence-corrected chi connectivity index (χ3v) is 6.97. The molecule has 0 bridgehead atoms. The molecule has 4 atom stereocenters. The molecule has 5 heteroatoms. The number of benzene rings is 2. The highest BCUT2D eigenvalue weighted by Gasteiger charge is 2.31. The fourth-order valence-electron chi connectivity index (χ4n) is 4.69. The van der Waals surface area contributed by atoms with Crippen LogP contribution in [-0.2, 0) is 4.79 Å². The minimum absolute atomic E-state index is 0.0578. The first kappa shape index (κ1) is 20.9. The normalized spacial score (nSPS) is 22.7. The minimum atomic E-state index is -0.351. The number of carbonyl (C=O) groups is 1. The van der Waals surface area contributed by atoms with Crippen molar-refractivity contribution in [3.05, 3.63) is 53.6 Å². The van der Waals surface area contributed by atoms with E-state index in [0.29, 0.717) is 23.3 Å². The number of aromatic nitrogens is 2. The summed E-state index contributed by atoms with van der Waals surface area (Å²) in [6.07, 6.45) is 4.15. The molecule has 0 radical (unpaired) electrons. The van der Waals surface area contributed by atoms with Gasteiger partial charge in [-0.15, -0.1) is 0 Å². The summed E-state index contributed by atoms with van der Waals surface area (Å²) in [5, 5.41) is 9.91. The molecule has 4 rings (SSSR count). The first-order valence-corrected chi connectivity index (χ1v) is 11.4. The Labute approximate surface area is 183 Å². The van der Waals surface area contributed by atoms with E-state index in [1.807, 2.05) is 60.1 Å². The number of nitrogens with one attached hydrogen (secondary N) is 1. The van der Waals surface area contributed by atoms with Crippen molar-refractivity contribution < 1.29 is 4.79 Å². The van der Waals surface area contributed by atoms with Gasteiger partial charge in [0.1, 0.15) is 11.7 Å². The van der Waals surface area contributed by atoms with Gasteiger partial charge in [0.2, 0.25) is 5.91 Å². The minimum Gasteiger partial charge on any atom is -0.351 e. The second-order valence-electron chi connectivity index (χ2n) is 8.63. The number of hydrogen-bond acceptors (Lipinski definition) is 2. The lowest BCUT2D eigenvalue weighted by Gasteiger charge is -2.35. The molecule has 0 spiro atoms. The summed E-state index contributed by atoms with van der Waals surface area (Å²) >= 11 is 6.31. The Kier molecular flexibility index (Phi) is 6.14. The van der Waals surface area contributed by atoms with Gasteiger partial charge in [0.25, 0.3) is 0 Å². The van der Waals surface area contributed by atoms with Crippen molar-refractivity contribution in [3.63, 3.8) is 0 Å². The summed E-state index contributed by atoms with van der Waals surface area (Å²) < 4.78 is 1.89. The molecule has 158 valence electrons. The third kappa shape index (κ3) is 3.98. The zero-order valence-electron chi connectivity index (χ0n) is 17.9. The Hall–Kier alpha value is -2.33. The van der Waals surface area contributed by atoms with Crippen LogP contribution >= 0.6 is 11.6 Å². The summed E-state index contributed by atoms with van der Waals surface area (Å²) in [7, 11) is 0. The maximum atomic E-state index is 13.4. The monoisotopic (exact) mass is 423 g/mol. The molecule has 3 aromatic rings. The van der Waals surface area contributed by atoms with Crippen molar-refractivity contribution >= 4 is 28.4 Å². The Morgan fingerprint density at radius 2 is 1.97 bits per heavy atom. The Bertz CT molecular complexity index is 1030. The van der Waals surface area contributed by atoms with Crippen molar-refractivity contribution in [1.29, 1.82) is 0 Å². The highest BCUT2D eigenvalue weighted by atomic mass is 35.5. The van der Waals surface area contributed by atoms with Crippen molar-refractivity contribution in [2.75, 3.05) is 0 Å². The zero-order chi connectivity index (χ0) is 21.3. The molecule has 1 aromatic heterocycles. The van der Waals surface area contributed by atoms with Gasteiger partial charge in [0, 0.05) is 22.0 Å². The first-order valence-electron chi connectivity index (χ1n) is 11.0. The average Bonchev–Trinajstić information content (AvgIpc) is 3.11. The van der Waals surface area contributed by atoms with Crippen LogP contribution in [0.1, 0.15) is 52.5 Å². The van der Waals surface area contributed by atoms with Crippen LogP contribution < -0.4 is 5.32 Å². The van der Waals surface area contributed by atoms with E-state index in [1.165, 1.54) is 12.8 Å². The van der Waals surface area contributed by atoms with Gasteiger partial charge in [-0.25, -0.2) is 0 Å². The fraction of sp³-hybridized carbons (Fsp3) is 0.440. The highest BCUT2D eigenvalue weighted by Crippen LogP contribution is 2.33. The summed E-state index contributed by atoms with van der Waals surface area (Å²) in [5.74, 6) is 1.19. The fourth-order valence-corrected chi connectivity index (χ4v) is 4.87. The van der Waals surface area contributed by atoms with E-state index in [-0.39, 0.29) is 18.0 Å². The van der Waals surface area contributed by atoms with Crippen molar-refractivity contribution in [3.8, 4) is 11.3 Å². The van der Waals surface area contributed by atoms with Crippen molar-refractivity contribution in [1.82, 2.24) is 15.1 Å². The molecule has 0 saturated heterocycles. The van der Waals surface area contributed by atoms with E-state index >= 15 is 0 Å². The maximum absolute atomic E-state index is 13.4. The number of rotatable bonds is 5. The van der Waals surface area contributed by atoms with Crippen molar-refractivity contribution in [2.24, 2.45) is 11.8 Å². The molecule has 1 heterocycles. The van der Waals surface area contributed by atoms with Gasteiger partial charge in [-0.2, -0.15) is 5.10 Å². The predicted molar refractivity (Wildman–Crippen MR) is 124 cm³/mol. The molecule has 1 saturated carbocycles. The summed E-state index contributed by atoms with van der Waals surface area (Å²) in [4.78, 5) is 13.4. The summed E-state index contributed by atoms with van der Waals surface area (Å²) in [5.41, 5.74) is 2.82. The standard InChI is InChI=1S/C25H30ClN3O/c1-4-22(25(30)27-21-12-8-9-16(2)17(21)3)29-23-14-13-19(26)15-20(23)24(28-29)18-10-6-5-7-11-18/h5-7,10-11,13-17,21-22H,4,8-9,12H2,1-3H3,(H,27,30)/t16-,17+,21-,22-/m1/s1. The molecule has 1 N–H and O–H groups in total. The second-order valence-corrected chi connectivity index (χ2v) is 9.06. The van der Waals surface area contributed by atoms with E-state index in [9.17, 15) is 4.79 Å². The topological polar surface area (TPSA) is 46.9 Å². The van der Waals surface area contributed by atoms with Gasteiger partial charge < -0.3 is 5.32 Å². The number of halogens is 1. The van der Waals surface area contributed by atoms with E-state index in [1.54, 1.807) is 0 Å². The smallest absolute Gasteiger partial charge is 0.245 e. The van der Waals surface area contributed by atoms with Crippen molar-refractivity contribution in [2.45, 2.75) is 58.5 Å². The van der Waals surface area contributed by atoms with Crippen LogP contribution in [0.25, 0.3) is 22.2 Å². The number of fused-ring (bicyclic) bond motifs is 1. The van der Waals surface area contributed by atoms with E-state index in [2.05, 4.69) is 19.2 Å². The predicted octanol–water partition coefficient (Wildman–Crippen LogP) is 6.25. The lowest BCUT2D eigenvalue weighted by Crippen LogP contribution is -2.46. The van der Waals surface area contributed by atoms with Gasteiger partial charge in [0.15, 0.2) is 0 Å². The molecule has 1 aliphatic carbocycles. The summed E-state index contributed by atoms with van der Waals surface area (Å²) in [6.45, 7) is 6.59. The van der Waals surface area contributed by atoms with Crippen LogP contribution in [0.5, 0.6) is 0 Å². The lowest BCUT2D eigenvalue weighted by molar-refractivity contribution is -0.126. The first-order chi connectivity index (χ1) is 14.5. The SMILES string of the molecule is CC[C@H](C(=O)N[C@@H]1CCC[C@@H](C)[C@@H]1C)n1nc(-c2ccccc2)c2cc(Cl)ccc21. The number of hydrogen-bond donors (Lipinski definition) is 1. The maximum Gasteiger partial charge on any atom is 0.245 e. The Balaban J connectivity index is 1.71. The molecule has 1 fully saturated rings. The van der Waals surface area contributed by atoms with Gasteiger partial charge in [-0.05, 0) is 42.9 Å². The van der Waals surface area contributed by atoms with Gasteiger partial charge >= 0.3 is 0 Å². The number of amides is 1. The largest absolute Gasteiger partial charge is 0.351 e. The molecule has 1 amide bonds. The Morgan fingerprint density at radius 3 is 2.70 bits per heavy atom. The quantitative estimate of drug-likeness (QED) is 0.527. The molecule has 2 aromatic carbocycles. The second kappa shape index (κ2) is 8.81. The third-order valence-electron chi connectivity index (χ3n) is 6.73. The zero-order valence-corrected chi connectivity index (χ0v) is 18.7. The van der Waals surface area contributed by atoms with Crippen LogP contribution in [0, 0.1) is 11.8 Å². The molecule has 1 aliphatic rings. The van der Waals surface area contributed by atoms with Crippen LogP contribution in [0.15, 0.2) is 48.5 Å². The molecule has 4 nitrogen and oxygen atoms in total. The number of nitrogens with zero attached hydrogens (tertiary/aromatic N) is 2. The van der Waals surface area contributed by atoms with Gasteiger partial charge in [0.05, 0.1) is 5.52 Å². The molecule has 0 unspecified atom stereocenters. The van der Waals surface area contributed by atoms with E-state index < -0.39 is 0 Å². The molecular weight excluding hydrogens is 394 g/mol. The number of carbonyl (C=O) groups excluding carboxylic acids is 1. The Morgan fingerprint density at radius 1 is 1.20 bits per heavy atom. The van der Waals surface area contributed by atoms with Crippen LogP contribution in [-0.4, -0.2) is 21.7 Å². The van der Waals surface area contributed by atoms with Crippen LogP contribution in [0.2, 0.25) is 5.02 Å². The van der Waals surface area contributed by atoms with Gasteiger partial charge in [-0.3, -0.25) is 9.48 Å². The van der Waals surface area contributed by atoms with Crippen LogP contribution in [0.3, 0.4) is 0 Å². The molecule has 0 aliphatic heterocycles. The van der Waals surface area contributed by atoms with E-state index in [4.69, 9.17) is 16.7 Å². The summed E-state index contributed by atoms with van der Waals surface area (Å²) in [6, 6.07) is 15.7. The highest BCUT2D eigenvalue weighted by molar-refractivity contribution is 6.31.